The second kappa shape index (κ2) is 4.68. The van der Waals surface area contributed by atoms with E-state index in [9.17, 15) is 9.59 Å². The minimum atomic E-state index is -0.679. The summed E-state index contributed by atoms with van der Waals surface area (Å²) in [5.74, 6) is 1.44. The Labute approximate surface area is 119 Å². The van der Waals surface area contributed by atoms with Gasteiger partial charge in [0.25, 0.3) is 5.91 Å². The highest BCUT2D eigenvalue weighted by molar-refractivity contribution is 7.99. The lowest BCUT2D eigenvalue weighted by molar-refractivity contribution is -0.130. The quantitative estimate of drug-likeness (QED) is 0.666. The molecule has 1 unspecified atom stereocenters. The van der Waals surface area contributed by atoms with E-state index in [2.05, 4.69) is 10.3 Å². The molecule has 1 atom stereocenters. The van der Waals surface area contributed by atoms with Crippen LogP contribution in [-0.2, 0) is 11.3 Å². The number of thioether (sulfide) groups is 1. The van der Waals surface area contributed by atoms with Gasteiger partial charge in [-0.1, -0.05) is 17.7 Å². The molecule has 3 rings (SSSR count). The third-order valence-electron chi connectivity index (χ3n) is 3.40. The van der Waals surface area contributed by atoms with Gasteiger partial charge in [-0.15, -0.1) is 0 Å². The first-order valence-corrected chi connectivity index (χ1v) is 7.46. The molecule has 0 radical (unpaired) electrons. The van der Waals surface area contributed by atoms with E-state index in [1.54, 1.807) is 30.1 Å². The van der Waals surface area contributed by atoms with Gasteiger partial charge in [0.2, 0.25) is 0 Å². The van der Waals surface area contributed by atoms with Crippen molar-refractivity contribution in [2.45, 2.75) is 18.5 Å². The number of amides is 3. The SMILES string of the molecule is O=C1NC2(CCSC2)C(=O)N1Cc1ccc(Cl)nc1. The molecule has 0 bridgehead atoms. The predicted molar refractivity (Wildman–Crippen MR) is 73.0 cm³/mol. The molecule has 5 nitrogen and oxygen atoms in total. The predicted octanol–water partition coefficient (Wildman–Crippen LogP) is 1.66. The smallest absolute Gasteiger partial charge is 0.322 e. The Morgan fingerprint density at radius 3 is 2.95 bits per heavy atom. The second-order valence-corrected chi connectivity index (χ2v) is 6.19. The van der Waals surface area contributed by atoms with E-state index >= 15 is 0 Å². The Kier molecular flexibility index (Phi) is 3.14. The summed E-state index contributed by atoms with van der Waals surface area (Å²) in [6.07, 6.45) is 2.29. The van der Waals surface area contributed by atoms with Gasteiger partial charge in [-0.2, -0.15) is 11.8 Å². The van der Waals surface area contributed by atoms with Gasteiger partial charge < -0.3 is 5.32 Å². The number of urea groups is 1. The van der Waals surface area contributed by atoms with Crippen LogP contribution in [0.25, 0.3) is 0 Å². The van der Waals surface area contributed by atoms with Gasteiger partial charge in [-0.25, -0.2) is 9.78 Å². The van der Waals surface area contributed by atoms with E-state index in [1.807, 2.05) is 0 Å². The maximum absolute atomic E-state index is 12.4. The first-order chi connectivity index (χ1) is 9.11. The van der Waals surface area contributed by atoms with Gasteiger partial charge in [-0.05, 0) is 23.8 Å². The van der Waals surface area contributed by atoms with Crippen LogP contribution >= 0.6 is 23.4 Å². The molecule has 2 saturated heterocycles. The van der Waals surface area contributed by atoms with Crippen LogP contribution in [-0.4, -0.2) is 38.9 Å². The highest BCUT2D eigenvalue weighted by Gasteiger charge is 2.52. The molecule has 3 amide bonds. The number of pyridine rings is 1. The van der Waals surface area contributed by atoms with Gasteiger partial charge in [0.05, 0.1) is 6.54 Å². The van der Waals surface area contributed by atoms with Crippen LogP contribution in [0, 0.1) is 0 Å². The summed E-state index contributed by atoms with van der Waals surface area (Å²) in [6, 6.07) is 3.10. The summed E-state index contributed by atoms with van der Waals surface area (Å²) in [5.41, 5.74) is 0.109. The number of nitrogens with zero attached hydrogens (tertiary/aromatic N) is 2. The van der Waals surface area contributed by atoms with E-state index in [1.165, 1.54) is 4.90 Å². The van der Waals surface area contributed by atoms with Crippen molar-refractivity contribution in [1.82, 2.24) is 15.2 Å². The number of halogens is 1. The monoisotopic (exact) mass is 297 g/mol. The molecule has 1 N–H and O–H groups in total. The van der Waals surface area contributed by atoms with Gasteiger partial charge in [0, 0.05) is 11.9 Å². The third kappa shape index (κ3) is 2.19. The van der Waals surface area contributed by atoms with Crippen molar-refractivity contribution < 1.29 is 9.59 Å². The van der Waals surface area contributed by atoms with Crippen molar-refractivity contribution in [3.8, 4) is 0 Å². The molecule has 7 heteroatoms. The molecular weight excluding hydrogens is 286 g/mol. The molecule has 1 spiro atoms. The molecule has 2 aliphatic heterocycles. The normalized spacial score (nSPS) is 26.3. The Balaban J connectivity index is 1.79. The molecule has 2 fully saturated rings. The van der Waals surface area contributed by atoms with E-state index in [-0.39, 0.29) is 18.5 Å². The zero-order chi connectivity index (χ0) is 13.5. The highest BCUT2D eigenvalue weighted by Crippen LogP contribution is 2.33. The maximum Gasteiger partial charge on any atom is 0.325 e. The van der Waals surface area contributed by atoms with E-state index < -0.39 is 5.54 Å². The van der Waals surface area contributed by atoms with Crippen LogP contribution in [0.4, 0.5) is 4.79 Å². The lowest BCUT2D eigenvalue weighted by Crippen LogP contribution is -2.46. The van der Waals surface area contributed by atoms with Crippen LogP contribution in [0.1, 0.15) is 12.0 Å². The summed E-state index contributed by atoms with van der Waals surface area (Å²) in [4.78, 5) is 29.6. The number of carbonyl (C=O) groups is 2. The van der Waals surface area contributed by atoms with Crippen molar-refractivity contribution in [1.29, 1.82) is 0 Å². The van der Waals surface area contributed by atoms with Gasteiger partial charge >= 0.3 is 6.03 Å². The Morgan fingerprint density at radius 1 is 1.47 bits per heavy atom. The number of hydrogen-bond donors (Lipinski definition) is 1. The average molecular weight is 298 g/mol. The van der Waals surface area contributed by atoms with E-state index in [0.717, 1.165) is 11.3 Å². The summed E-state index contributed by atoms with van der Waals surface area (Å²) in [6.45, 7) is 0.237. The molecule has 0 aromatic carbocycles. The number of rotatable bonds is 2. The average Bonchev–Trinajstić information content (AvgIpc) is 2.94. The zero-order valence-electron chi connectivity index (χ0n) is 10.1. The minimum Gasteiger partial charge on any atom is -0.322 e. The van der Waals surface area contributed by atoms with Gasteiger partial charge in [0.15, 0.2) is 0 Å². The zero-order valence-corrected chi connectivity index (χ0v) is 11.6. The van der Waals surface area contributed by atoms with Crippen molar-refractivity contribution >= 4 is 35.3 Å². The third-order valence-corrected chi connectivity index (χ3v) is 4.81. The first kappa shape index (κ1) is 12.7. The second-order valence-electron chi connectivity index (χ2n) is 4.70. The van der Waals surface area contributed by atoms with Crippen LogP contribution in [0.2, 0.25) is 5.15 Å². The molecular formula is C12H12ClN3O2S. The fourth-order valence-corrected chi connectivity index (χ4v) is 3.77. The van der Waals surface area contributed by atoms with Crippen molar-refractivity contribution in [2.24, 2.45) is 0 Å². The van der Waals surface area contributed by atoms with E-state index in [4.69, 9.17) is 11.6 Å². The molecule has 0 saturated carbocycles. The fraction of sp³-hybridized carbons (Fsp3) is 0.417. The summed E-state index contributed by atoms with van der Waals surface area (Å²) in [7, 11) is 0. The molecule has 1 aromatic heterocycles. The van der Waals surface area contributed by atoms with Crippen LogP contribution in [0.3, 0.4) is 0 Å². The number of nitrogens with one attached hydrogen (secondary N) is 1. The summed E-state index contributed by atoms with van der Waals surface area (Å²) in [5, 5.41) is 3.22. The van der Waals surface area contributed by atoms with Crippen molar-refractivity contribution in [2.75, 3.05) is 11.5 Å². The molecule has 100 valence electrons. The minimum absolute atomic E-state index is 0.127. The highest BCUT2D eigenvalue weighted by atomic mass is 35.5. The Hall–Kier alpha value is -1.27. The summed E-state index contributed by atoms with van der Waals surface area (Å²) >= 11 is 7.40. The molecule has 19 heavy (non-hydrogen) atoms. The fourth-order valence-electron chi connectivity index (χ4n) is 2.33. The standard InChI is InChI=1S/C12H12ClN3O2S/c13-9-2-1-8(5-14-9)6-16-10(17)12(15-11(16)18)3-4-19-7-12/h1-2,5H,3-4,6-7H2,(H,15,18). The number of imide groups is 1. The number of hydrogen-bond acceptors (Lipinski definition) is 4. The van der Waals surface area contributed by atoms with Crippen molar-refractivity contribution in [3.63, 3.8) is 0 Å². The topological polar surface area (TPSA) is 62.3 Å². The van der Waals surface area contributed by atoms with Crippen molar-refractivity contribution in [3.05, 3.63) is 29.0 Å². The maximum atomic E-state index is 12.4. The van der Waals surface area contributed by atoms with Crippen LogP contribution in [0.5, 0.6) is 0 Å². The van der Waals surface area contributed by atoms with Crippen LogP contribution < -0.4 is 5.32 Å². The van der Waals surface area contributed by atoms with Crippen LogP contribution in [0.15, 0.2) is 18.3 Å². The first-order valence-electron chi connectivity index (χ1n) is 5.93. The number of carbonyl (C=O) groups excluding carboxylic acids is 2. The lowest BCUT2D eigenvalue weighted by atomic mass is 9.99. The number of aromatic nitrogens is 1. The lowest BCUT2D eigenvalue weighted by Gasteiger charge is -2.19. The molecule has 0 aliphatic carbocycles. The van der Waals surface area contributed by atoms with Gasteiger partial charge in [-0.3, -0.25) is 9.69 Å². The molecule has 2 aliphatic rings. The molecule has 3 heterocycles. The largest absolute Gasteiger partial charge is 0.325 e. The summed E-state index contributed by atoms with van der Waals surface area (Å²) < 4.78 is 0. The molecule has 1 aromatic rings. The van der Waals surface area contributed by atoms with E-state index in [0.29, 0.717) is 17.3 Å². The Morgan fingerprint density at radius 2 is 2.32 bits per heavy atom. The Bertz CT molecular complexity index is 528. The van der Waals surface area contributed by atoms with Gasteiger partial charge in [0.1, 0.15) is 10.7 Å².